The average Bonchev–Trinajstić information content (AvgIpc) is 2.54. The van der Waals surface area contributed by atoms with Crippen LogP contribution >= 0.6 is 0 Å². The molecular formula is C15H13N5O4. The number of fused-ring (bicyclic) bond motifs is 1. The van der Waals surface area contributed by atoms with E-state index in [-0.39, 0.29) is 23.0 Å². The molecule has 0 spiro atoms. The predicted molar refractivity (Wildman–Crippen MR) is 85.5 cm³/mol. The number of rotatable bonds is 3. The lowest BCUT2D eigenvalue weighted by Gasteiger charge is -2.27. The molecule has 0 radical (unpaired) electrons. The molecule has 3 N–H and O–H groups in total. The van der Waals surface area contributed by atoms with Gasteiger partial charge in [0.05, 0.1) is 10.5 Å². The number of amides is 2. The van der Waals surface area contributed by atoms with Crippen LogP contribution in [0.4, 0.5) is 17.2 Å². The summed E-state index contributed by atoms with van der Waals surface area (Å²) in [5, 5.41) is 19.2. The molecule has 1 atom stereocenters. The van der Waals surface area contributed by atoms with E-state index in [1.807, 2.05) is 0 Å². The van der Waals surface area contributed by atoms with Gasteiger partial charge in [-0.15, -0.1) is 0 Å². The van der Waals surface area contributed by atoms with E-state index in [1.165, 1.54) is 13.0 Å². The molecule has 0 aliphatic carbocycles. The van der Waals surface area contributed by atoms with Gasteiger partial charge in [0.15, 0.2) is 0 Å². The highest BCUT2D eigenvalue weighted by atomic mass is 16.6. The first kappa shape index (κ1) is 15.4. The van der Waals surface area contributed by atoms with Gasteiger partial charge in [0, 0.05) is 18.7 Å². The summed E-state index contributed by atoms with van der Waals surface area (Å²) in [5.41, 5.74) is 1.27. The number of nitrogens with one attached hydrogen (secondary N) is 3. The van der Waals surface area contributed by atoms with Crippen LogP contribution in [0.1, 0.15) is 29.0 Å². The Morgan fingerprint density at radius 1 is 1.29 bits per heavy atom. The second kappa shape index (κ2) is 5.95. The first-order valence-electron chi connectivity index (χ1n) is 7.03. The minimum atomic E-state index is -0.604. The van der Waals surface area contributed by atoms with E-state index in [0.717, 1.165) is 11.8 Å². The first-order valence-corrected chi connectivity index (χ1v) is 7.03. The lowest BCUT2D eigenvalue weighted by Crippen LogP contribution is -2.38. The largest absolute Gasteiger partial charge is 0.346 e. The molecule has 2 aromatic rings. The summed E-state index contributed by atoms with van der Waals surface area (Å²) in [6.07, 6.45) is 0.576. The second-order valence-corrected chi connectivity index (χ2v) is 5.20. The van der Waals surface area contributed by atoms with Gasteiger partial charge in [-0.25, -0.2) is 4.98 Å². The fourth-order valence-electron chi connectivity index (χ4n) is 2.35. The zero-order chi connectivity index (χ0) is 17.3. The van der Waals surface area contributed by atoms with Gasteiger partial charge in [0.25, 0.3) is 11.6 Å². The number of carbonyl (C=O) groups is 2. The minimum absolute atomic E-state index is 0.121. The molecule has 1 aromatic heterocycles. The van der Waals surface area contributed by atoms with E-state index in [0.29, 0.717) is 5.69 Å². The average molecular weight is 327 g/mol. The molecule has 0 fully saturated rings. The monoisotopic (exact) mass is 327 g/mol. The molecule has 0 saturated heterocycles. The molecule has 0 saturated carbocycles. The first-order chi connectivity index (χ1) is 11.4. The van der Waals surface area contributed by atoms with Crippen molar-refractivity contribution in [2.75, 3.05) is 10.6 Å². The van der Waals surface area contributed by atoms with Crippen molar-refractivity contribution >= 4 is 29.0 Å². The molecule has 9 heteroatoms. The molecule has 2 heterocycles. The molecule has 0 bridgehead atoms. The third-order valence-corrected chi connectivity index (χ3v) is 3.45. The van der Waals surface area contributed by atoms with E-state index < -0.39 is 17.0 Å². The molecule has 24 heavy (non-hydrogen) atoms. The zero-order valence-electron chi connectivity index (χ0n) is 12.6. The Kier molecular flexibility index (Phi) is 3.82. The van der Waals surface area contributed by atoms with E-state index in [2.05, 4.69) is 20.9 Å². The van der Waals surface area contributed by atoms with Gasteiger partial charge in [0.2, 0.25) is 5.91 Å². The number of hydrogen-bond donors (Lipinski definition) is 3. The fourth-order valence-corrected chi connectivity index (χ4v) is 2.35. The normalized spacial score (nSPS) is 15.7. The van der Waals surface area contributed by atoms with E-state index in [4.69, 9.17) is 0 Å². The molecule has 1 unspecified atom stereocenters. The number of pyridine rings is 1. The van der Waals surface area contributed by atoms with Crippen LogP contribution in [0.25, 0.3) is 0 Å². The highest BCUT2D eigenvalue weighted by Crippen LogP contribution is 2.27. The Balaban J connectivity index is 1.84. The Morgan fingerprint density at radius 2 is 2.00 bits per heavy atom. The Labute approximate surface area is 136 Å². The van der Waals surface area contributed by atoms with Crippen molar-refractivity contribution in [1.82, 2.24) is 10.3 Å². The van der Waals surface area contributed by atoms with Crippen LogP contribution in [0.5, 0.6) is 0 Å². The van der Waals surface area contributed by atoms with Crippen molar-refractivity contribution in [3.05, 3.63) is 57.8 Å². The number of hydrogen-bond acceptors (Lipinski definition) is 6. The lowest BCUT2D eigenvalue weighted by atomic mass is 10.1. The van der Waals surface area contributed by atoms with Crippen molar-refractivity contribution in [2.45, 2.75) is 13.1 Å². The third-order valence-electron chi connectivity index (χ3n) is 3.45. The Hall–Kier alpha value is -3.49. The maximum absolute atomic E-state index is 12.2. The molecule has 1 aliphatic heterocycles. The zero-order valence-corrected chi connectivity index (χ0v) is 12.6. The lowest BCUT2D eigenvalue weighted by molar-refractivity contribution is -0.385. The maximum atomic E-state index is 12.2. The van der Waals surface area contributed by atoms with Gasteiger partial charge in [-0.3, -0.25) is 19.7 Å². The molecule has 122 valence electrons. The predicted octanol–water partition coefficient (Wildman–Crippen LogP) is 1.80. The number of nitro groups is 1. The van der Waals surface area contributed by atoms with Crippen LogP contribution in [-0.2, 0) is 4.79 Å². The van der Waals surface area contributed by atoms with E-state index in [1.54, 1.807) is 24.3 Å². The SMILES string of the molecule is CC(=O)Nc1ccc(C2NC(=O)c3cc([N+](=O)[O-])cnc3N2)cc1. The second-order valence-electron chi connectivity index (χ2n) is 5.20. The Morgan fingerprint density at radius 3 is 2.62 bits per heavy atom. The standard InChI is InChI=1S/C15H13N5O4/c1-8(21)17-10-4-2-9(3-5-10)13-18-14-12(15(22)19-13)6-11(7-16-14)20(23)24/h2-7,13H,1H3,(H,16,18)(H,17,21)(H,19,22). The quantitative estimate of drug-likeness (QED) is 0.583. The Bertz CT molecular complexity index is 834. The van der Waals surface area contributed by atoms with Gasteiger partial charge in [0.1, 0.15) is 18.2 Å². The molecule has 3 rings (SSSR count). The number of nitrogens with zero attached hydrogens (tertiary/aromatic N) is 2. The number of aromatic nitrogens is 1. The molecule has 1 aliphatic rings. The van der Waals surface area contributed by atoms with E-state index >= 15 is 0 Å². The smallest absolute Gasteiger partial charge is 0.288 e. The van der Waals surface area contributed by atoms with Crippen LogP contribution in [0, 0.1) is 10.1 Å². The molecule has 1 aromatic carbocycles. The van der Waals surface area contributed by atoms with Crippen molar-refractivity contribution in [1.29, 1.82) is 0 Å². The van der Waals surface area contributed by atoms with Gasteiger partial charge in [-0.1, -0.05) is 12.1 Å². The van der Waals surface area contributed by atoms with Gasteiger partial charge < -0.3 is 16.0 Å². The summed E-state index contributed by atoms with van der Waals surface area (Å²) in [4.78, 5) is 37.3. The van der Waals surface area contributed by atoms with Crippen LogP contribution < -0.4 is 16.0 Å². The van der Waals surface area contributed by atoms with E-state index in [9.17, 15) is 19.7 Å². The van der Waals surface area contributed by atoms with Crippen LogP contribution in [0.2, 0.25) is 0 Å². The number of benzene rings is 1. The molecule has 9 nitrogen and oxygen atoms in total. The highest BCUT2D eigenvalue weighted by Gasteiger charge is 2.27. The summed E-state index contributed by atoms with van der Waals surface area (Å²) in [7, 11) is 0. The number of carbonyl (C=O) groups excluding carboxylic acids is 2. The third kappa shape index (κ3) is 3.00. The van der Waals surface area contributed by atoms with Gasteiger partial charge in [-0.2, -0.15) is 0 Å². The van der Waals surface area contributed by atoms with Crippen molar-refractivity contribution < 1.29 is 14.5 Å². The van der Waals surface area contributed by atoms with Crippen molar-refractivity contribution in [3.63, 3.8) is 0 Å². The van der Waals surface area contributed by atoms with Crippen LogP contribution in [0.15, 0.2) is 36.5 Å². The number of anilines is 2. The molecule has 2 amide bonds. The fraction of sp³-hybridized carbons (Fsp3) is 0.133. The molecular weight excluding hydrogens is 314 g/mol. The van der Waals surface area contributed by atoms with Crippen LogP contribution in [-0.4, -0.2) is 21.7 Å². The van der Waals surface area contributed by atoms with Crippen molar-refractivity contribution in [3.8, 4) is 0 Å². The summed E-state index contributed by atoms with van der Waals surface area (Å²) in [6, 6.07) is 8.10. The van der Waals surface area contributed by atoms with Crippen molar-refractivity contribution in [2.24, 2.45) is 0 Å². The summed E-state index contributed by atoms with van der Waals surface area (Å²) in [6.45, 7) is 1.42. The summed E-state index contributed by atoms with van der Waals surface area (Å²) in [5.74, 6) is -0.345. The minimum Gasteiger partial charge on any atom is -0.346 e. The topological polar surface area (TPSA) is 126 Å². The van der Waals surface area contributed by atoms with Crippen LogP contribution in [0.3, 0.4) is 0 Å². The summed E-state index contributed by atoms with van der Waals surface area (Å²) < 4.78 is 0. The maximum Gasteiger partial charge on any atom is 0.288 e. The van der Waals surface area contributed by atoms with Gasteiger partial charge in [-0.05, 0) is 17.7 Å². The highest BCUT2D eigenvalue weighted by molar-refractivity contribution is 6.01. The summed E-state index contributed by atoms with van der Waals surface area (Å²) >= 11 is 0. The van der Waals surface area contributed by atoms with Gasteiger partial charge >= 0.3 is 0 Å².